The zero-order chi connectivity index (χ0) is 17.8. The fraction of sp³-hybridized carbons (Fsp3) is 0.0476. The van der Waals surface area contributed by atoms with Crippen LogP contribution in [0.15, 0.2) is 54.7 Å². The Morgan fingerprint density at radius 1 is 1.12 bits per heavy atom. The van der Waals surface area contributed by atoms with Gasteiger partial charge in [-0.25, -0.2) is 9.97 Å². The van der Waals surface area contributed by atoms with E-state index in [1.54, 1.807) is 11.3 Å². The fourth-order valence-corrected chi connectivity index (χ4v) is 4.98. The molecule has 5 rings (SSSR count). The molecule has 0 amide bonds. The molecule has 0 radical (unpaired) electrons. The molecule has 0 atom stereocenters. The number of nitrogens with zero attached hydrogens (tertiary/aromatic N) is 3. The molecule has 5 heteroatoms. The molecule has 0 bridgehead atoms. The third-order valence-electron chi connectivity index (χ3n) is 4.61. The number of para-hydroxylation sites is 2. The predicted octanol–water partition coefficient (Wildman–Crippen LogP) is 4.26. The van der Waals surface area contributed by atoms with Crippen LogP contribution in [0.2, 0.25) is 0 Å². The first kappa shape index (κ1) is 15.6. The summed E-state index contributed by atoms with van der Waals surface area (Å²) in [5.74, 6) is 0.670. The average molecular weight is 374 g/mol. The molecule has 0 aliphatic rings. The third-order valence-corrected chi connectivity index (χ3v) is 5.90. The Kier molecular flexibility index (Phi) is 3.42. The molecule has 0 saturated heterocycles. The van der Waals surface area contributed by atoms with Gasteiger partial charge in [0.05, 0.1) is 21.3 Å². The minimum Gasteiger partial charge on any atom is -0.276 e. The van der Waals surface area contributed by atoms with Gasteiger partial charge in [0.2, 0.25) is 5.95 Å². The summed E-state index contributed by atoms with van der Waals surface area (Å²) in [4.78, 5) is 10.4. The lowest BCUT2D eigenvalue weighted by atomic mass is 10.2. The lowest BCUT2D eigenvalue weighted by Gasteiger charge is -2.06. The molecule has 2 aromatic carbocycles. The lowest BCUT2D eigenvalue weighted by molar-refractivity contribution is 1.01. The molecular formula is C21H15N3S2. The second kappa shape index (κ2) is 5.69. The summed E-state index contributed by atoms with van der Waals surface area (Å²) in [5.41, 5.74) is 3.12. The van der Waals surface area contributed by atoms with Crippen LogP contribution in [0.5, 0.6) is 0 Å². The van der Waals surface area contributed by atoms with Gasteiger partial charge in [0.15, 0.2) is 0 Å². The number of hydrogen-bond donors (Lipinski definition) is 1. The SMILES string of the molecule is C=c1sc2c3ccccc3n(-c3ncc4ccccc4n3)c2/c1=C(/C)S. The van der Waals surface area contributed by atoms with Crippen molar-refractivity contribution in [3.63, 3.8) is 0 Å². The molecule has 0 saturated carbocycles. The smallest absolute Gasteiger partial charge is 0.235 e. The highest BCUT2D eigenvalue weighted by Gasteiger charge is 2.17. The van der Waals surface area contributed by atoms with Crippen molar-refractivity contribution in [2.75, 3.05) is 0 Å². The summed E-state index contributed by atoms with van der Waals surface area (Å²) in [6.07, 6.45) is 1.88. The van der Waals surface area contributed by atoms with E-state index in [0.717, 1.165) is 36.6 Å². The van der Waals surface area contributed by atoms with Crippen LogP contribution in [-0.2, 0) is 0 Å². The highest BCUT2D eigenvalue weighted by molar-refractivity contribution is 7.90. The van der Waals surface area contributed by atoms with E-state index in [0.29, 0.717) is 5.95 Å². The Morgan fingerprint density at radius 2 is 1.88 bits per heavy atom. The number of thiol groups is 1. The zero-order valence-electron chi connectivity index (χ0n) is 14.1. The van der Waals surface area contributed by atoms with Crippen molar-refractivity contribution in [3.8, 4) is 5.95 Å². The van der Waals surface area contributed by atoms with Crippen LogP contribution in [-0.4, -0.2) is 14.5 Å². The number of thiophene rings is 1. The normalized spacial score (nSPS) is 13.0. The van der Waals surface area contributed by atoms with E-state index >= 15 is 0 Å². The van der Waals surface area contributed by atoms with Gasteiger partial charge in [0, 0.05) is 26.7 Å². The van der Waals surface area contributed by atoms with Gasteiger partial charge in [0.25, 0.3) is 0 Å². The van der Waals surface area contributed by atoms with Crippen molar-refractivity contribution in [3.05, 3.63) is 64.5 Å². The van der Waals surface area contributed by atoms with E-state index in [4.69, 9.17) is 4.98 Å². The van der Waals surface area contributed by atoms with Gasteiger partial charge in [-0.15, -0.1) is 24.0 Å². The largest absolute Gasteiger partial charge is 0.276 e. The number of hydrogen-bond acceptors (Lipinski definition) is 4. The molecule has 0 spiro atoms. The molecule has 0 unspecified atom stereocenters. The Labute approximate surface area is 159 Å². The summed E-state index contributed by atoms with van der Waals surface area (Å²) >= 11 is 6.33. The van der Waals surface area contributed by atoms with Gasteiger partial charge < -0.3 is 0 Å². The van der Waals surface area contributed by atoms with Gasteiger partial charge in [-0.3, -0.25) is 4.57 Å². The van der Waals surface area contributed by atoms with Crippen molar-refractivity contribution in [1.29, 1.82) is 0 Å². The molecule has 0 aliphatic carbocycles. The molecule has 0 aliphatic heterocycles. The molecule has 5 aromatic rings. The maximum atomic E-state index is 4.83. The quantitative estimate of drug-likeness (QED) is 0.445. The Morgan fingerprint density at radius 3 is 2.73 bits per heavy atom. The molecule has 3 aromatic heterocycles. The minimum absolute atomic E-state index is 0.670. The van der Waals surface area contributed by atoms with E-state index < -0.39 is 0 Å². The van der Waals surface area contributed by atoms with Crippen molar-refractivity contribution in [2.45, 2.75) is 6.92 Å². The van der Waals surface area contributed by atoms with Crippen molar-refractivity contribution >= 4 is 67.5 Å². The second-order valence-corrected chi connectivity index (χ2v) is 8.02. The fourth-order valence-electron chi connectivity index (χ4n) is 3.50. The van der Waals surface area contributed by atoms with Gasteiger partial charge in [-0.2, -0.15) is 0 Å². The van der Waals surface area contributed by atoms with Crippen LogP contribution in [0.4, 0.5) is 0 Å². The van der Waals surface area contributed by atoms with Crippen molar-refractivity contribution in [2.24, 2.45) is 0 Å². The highest BCUT2D eigenvalue weighted by atomic mass is 32.1. The third kappa shape index (κ3) is 2.14. The topological polar surface area (TPSA) is 30.7 Å². The molecule has 3 nitrogen and oxygen atoms in total. The standard InChI is InChI=1S/C21H15N3S2/c1-12(25)18-13(2)26-20-15-8-4-6-10-17(15)24(19(18)20)21-22-11-14-7-3-5-9-16(14)23-21/h3-11,25H,2H2,1H3/b18-12-. The maximum Gasteiger partial charge on any atom is 0.235 e. The number of rotatable bonds is 1. The Bertz CT molecular complexity index is 1420. The zero-order valence-corrected chi connectivity index (χ0v) is 15.8. The summed E-state index contributed by atoms with van der Waals surface area (Å²) in [6, 6.07) is 16.4. The van der Waals surface area contributed by atoms with E-state index in [-0.39, 0.29) is 0 Å². The van der Waals surface area contributed by atoms with Crippen LogP contribution in [0.1, 0.15) is 6.92 Å². The van der Waals surface area contributed by atoms with Gasteiger partial charge in [0.1, 0.15) is 0 Å². The minimum atomic E-state index is 0.670. The Balaban J connectivity index is 2.02. The van der Waals surface area contributed by atoms with Gasteiger partial charge in [-0.1, -0.05) is 43.0 Å². The number of benzene rings is 2. The molecule has 3 heterocycles. The maximum absolute atomic E-state index is 4.83. The van der Waals surface area contributed by atoms with Crippen LogP contribution in [0.25, 0.3) is 49.5 Å². The molecule has 0 N–H and O–H groups in total. The van der Waals surface area contributed by atoms with E-state index in [2.05, 4.69) is 47.0 Å². The van der Waals surface area contributed by atoms with Gasteiger partial charge >= 0.3 is 0 Å². The first-order valence-electron chi connectivity index (χ1n) is 8.28. The van der Waals surface area contributed by atoms with Crippen LogP contribution < -0.4 is 9.75 Å². The molecular weight excluding hydrogens is 358 g/mol. The molecule has 126 valence electrons. The van der Waals surface area contributed by atoms with Gasteiger partial charge in [-0.05, 0) is 24.0 Å². The molecule has 0 fully saturated rings. The predicted molar refractivity (Wildman–Crippen MR) is 115 cm³/mol. The van der Waals surface area contributed by atoms with Crippen LogP contribution >= 0.6 is 24.0 Å². The second-order valence-electron chi connectivity index (χ2n) is 6.24. The van der Waals surface area contributed by atoms with E-state index in [1.165, 1.54) is 10.1 Å². The van der Waals surface area contributed by atoms with Crippen LogP contribution in [0.3, 0.4) is 0 Å². The Hall–Kier alpha value is -2.63. The summed E-state index contributed by atoms with van der Waals surface area (Å²) in [6.45, 7) is 6.24. The average Bonchev–Trinajstić information content (AvgIpc) is 3.14. The highest BCUT2D eigenvalue weighted by Crippen LogP contribution is 2.31. The number of fused-ring (bicyclic) bond motifs is 4. The number of aromatic nitrogens is 3. The first-order chi connectivity index (χ1) is 12.6. The van der Waals surface area contributed by atoms with Crippen molar-refractivity contribution < 1.29 is 0 Å². The molecule has 26 heavy (non-hydrogen) atoms. The van der Waals surface area contributed by atoms with Crippen molar-refractivity contribution in [1.82, 2.24) is 14.5 Å². The lowest BCUT2D eigenvalue weighted by Crippen LogP contribution is -2.20. The summed E-state index contributed by atoms with van der Waals surface area (Å²) in [5, 5.41) is 3.29. The first-order valence-corrected chi connectivity index (χ1v) is 9.54. The summed E-state index contributed by atoms with van der Waals surface area (Å²) in [7, 11) is 0. The van der Waals surface area contributed by atoms with E-state index in [1.807, 2.05) is 43.5 Å². The van der Waals surface area contributed by atoms with E-state index in [9.17, 15) is 0 Å². The summed E-state index contributed by atoms with van der Waals surface area (Å²) < 4.78 is 4.35. The monoisotopic (exact) mass is 373 g/mol. The van der Waals surface area contributed by atoms with Crippen LogP contribution in [0, 0.1) is 0 Å².